The third kappa shape index (κ3) is 3.58. The number of aryl methyl sites for hydroxylation is 2. The third-order valence-electron chi connectivity index (χ3n) is 3.36. The van der Waals surface area contributed by atoms with Crippen molar-refractivity contribution < 1.29 is 0 Å². The molecule has 0 radical (unpaired) electrons. The molecule has 0 spiro atoms. The zero-order valence-electron chi connectivity index (χ0n) is 12.2. The molecule has 1 heterocycles. The van der Waals surface area contributed by atoms with Gasteiger partial charge in [-0.1, -0.05) is 43.0 Å². The van der Waals surface area contributed by atoms with Crippen LogP contribution in [-0.4, -0.2) is 16.0 Å². The van der Waals surface area contributed by atoms with Gasteiger partial charge in [0.15, 0.2) is 5.16 Å². The Morgan fingerprint density at radius 1 is 1.20 bits per heavy atom. The highest BCUT2D eigenvalue weighted by atomic mass is 32.2. The van der Waals surface area contributed by atoms with Crippen LogP contribution >= 0.6 is 11.8 Å². The van der Waals surface area contributed by atoms with Crippen molar-refractivity contribution in [3.8, 4) is 0 Å². The zero-order chi connectivity index (χ0) is 14.5. The topological polar surface area (TPSA) is 51.8 Å². The van der Waals surface area contributed by atoms with Gasteiger partial charge in [-0.05, 0) is 37.5 Å². The van der Waals surface area contributed by atoms with Crippen molar-refractivity contribution in [2.24, 2.45) is 5.73 Å². The Morgan fingerprint density at radius 3 is 2.60 bits per heavy atom. The molecule has 0 fully saturated rings. The first-order valence-electron chi connectivity index (χ1n) is 6.89. The van der Waals surface area contributed by atoms with E-state index in [2.05, 4.69) is 48.1 Å². The van der Waals surface area contributed by atoms with Crippen LogP contribution in [0.4, 0.5) is 0 Å². The van der Waals surface area contributed by atoms with Crippen LogP contribution in [0.5, 0.6) is 0 Å². The Balaban J connectivity index is 2.32. The molecule has 0 saturated carbocycles. The molecule has 106 valence electrons. The molecule has 0 amide bonds. The van der Waals surface area contributed by atoms with Gasteiger partial charge in [-0.3, -0.25) is 0 Å². The van der Waals surface area contributed by atoms with E-state index in [0.717, 1.165) is 17.3 Å². The normalized spacial score (nSPS) is 14.0. The van der Waals surface area contributed by atoms with Gasteiger partial charge in [-0.2, -0.15) is 0 Å². The molecular formula is C16H21N3S. The minimum Gasteiger partial charge on any atom is -0.326 e. The van der Waals surface area contributed by atoms with Gasteiger partial charge in [0.05, 0.1) is 5.25 Å². The third-order valence-corrected chi connectivity index (χ3v) is 4.63. The second kappa shape index (κ2) is 6.86. The van der Waals surface area contributed by atoms with Crippen LogP contribution in [0, 0.1) is 13.8 Å². The van der Waals surface area contributed by atoms with E-state index in [1.807, 2.05) is 13.0 Å². The molecule has 2 unspecified atom stereocenters. The SMILES string of the molecule is CCC(N)C(Sc1nccc(C)n1)c1ccccc1C. The van der Waals surface area contributed by atoms with Crippen LogP contribution in [-0.2, 0) is 0 Å². The van der Waals surface area contributed by atoms with E-state index in [0.29, 0.717) is 0 Å². The molecule has 0 aliphatic rings. The van der Waals surface area contributed by atoms with Crippen LogP contribution in [0.25, 0.3) is 0 Å². The maximum Gasteiger partial charge on any atom is 0.188 e. The maximum atomic E-state index is 6.33. The van der Waals surface area contributed by atoms with E-state index in [-0.39, 0.29) is 11.3 Å². The first-order chi connectivity index (χ1) is 9.61. The number of benzene rings is 1. The molecule has 4 heteroatoms. The molecule has 2 rings (SSSR count). The summed E-state index contributed by atoms with van der Waals surface area (Å²) < 4.78 is 0. The molecule has 2 aromatic rings. The van der Waals surface area contributed by atoms with Gasteiger partial charge in [0.25, 0.3) is 0 Å². The average Bonchev–Trinajstić information content (AvgIpc) is 2.45. The van der Waals surface area contributed by atoms with E-state index < -0.39 is 0 Å². The van der Waals surface area contributed by atoms with E-state index in [9.17, 15) is 0 Å². The number of rotatable bonds is 5. The van der Waals surface area contributed by atoms with Crippen molar-refractivity contribution in [2.45, 2.75) is 43.6 Å². The van der Waals surface area contributed by atoms with Crippen molar-refractivity contribution >= 4 is 11.8 Å². The van der Waals surface area contributed by atoms with Crippen molar-refractivity contribution in [1.29, 1.82) is 0 Å². The lowest BCUT2D eigenvalue weighted by atomic mass is 10.00. The van der Waals surface area contributed by atoms with E-state index >= 15 is 0 Å². The highest BCUT2D eigenvalue weighted by molar-refractivity contribution is 7.99. The smallest absolute Gasteiger partial charge is 0.188 e. The summed E-state index contributed by atoms with van der Waals surface area (Å²) in [5.41, 5.74) is 9.85. The zero-order valence-corrected chi connectivity index (χ0v) is 13.0. The van der Waals surface area contributed by atoms with Crippen LogP contribution in [0.15, 0.2) is 41.7 Å². The van der Waals surface area contributed by atoms with Gasteiger partial charge >= 0.3 is 0 Å². The van der Waals surface area contributed by atoms with Crippen LogP contribution in [0.3, 0.4) is 0 Å². The number of hydrogen-bond acceptors (Lipinski definition) is 4. The molecule has 2 atom stereocenters. The van der Waals surface area contributed by atoms with Crippen LogP contribution in [0.1, 0.15) is 35.4 Å². The minimum atomic E-state index is 0.0882. The summed E-state index contributed by atoms with van der Waals surface area (Å²) in [5.74, 6) is 0. The van der Waals surface area contributed by atoms with Gasteiger partial charge in [-0.25, -0.2) is 9.97 Å². The Hall–Kier alpha value is -1.39. The lowest BCUT2D eigenvalue weighted by Gasteiger charge is -2.23. The number of hydrogen-bond donors (Lipinski definition) is 1. The predicted molar refractivity (Wildman–Crippen MR) is 84.8 cm³/mol. The highest BCUT2D eigenvalue weighted by Gasteiger charge is 2.22. The standard InChI is InChI=1S/C16H21N3S/c1-4-14(17)15(13-8-6-5-7-11(13)2)20-16-18-10-9-12(3)19-16/h5-10,14-15H,4,17H2,1-3H3. The maximum absolute atomic E-state index is 6.33. The van der Waals surface area contributed by atoms with Gasteiger partial charge in [0.2, 0.25) is 0 Å². The summed E-state index contributed by atoms with van der Waals surface area (Å²) in [6.07, 6.45) is 2.73. The van der Waals surface area contributed by atoms with Crippen molar-refractivity contribution in [1.82, 2.24) is 9.97 Å². The first-order valence-corrected chi connectivity index (χ1v) is 7.77. The minimum absolute atomic E-state index is 0.0882. The number of aromatic nitrogens is 2. The van der Waals surface area contributed by atoms with E-state index in [1.54, 1.807) is 18.0 Å². The molecule has 2 N–H and O–H groups in total. The molecule has 0 saturated heterocycles. The fourth-order valence-electron chi connectivity index (χ4n) is 2.10. The fourth-order valence-corrected chi connectivity index (χ4v) is 3.40. The van der Waals surface area contributed by atoms with Crippen molar-refractivity contribution in [2.75, 3.05) is 0 Å². The quantitative estimate of drug-likeness (QED) is 0.673. The Labute approximate surface area is 125 Å². The summed E-state index contributed by atoms with van der Waals surface area (Å²) in [7, 11) is 0. The van der Waals surface area contributed by atoms with Crippen LogP contribution in [0.2, 0.25) is 0 Å². The highest BCUT2D eigenvalue weighted by Crippen LogP contribution is 2.37. The predicted octanol–water partition coefficient (Wildman–Crippen LogP) is 3.66. The molecule has 0 aliphatic heterocycles. The molecule has 1 aromatic heterocycles. The molecular weight excluding hydrogens is 266 g/mol. The van der Waals surface area contributed by atoms with Crippen LogP contribution < -0.4 is 5.73 Å². The molecule has 0 bridgehead atoms. The van der Waals surface area contributed by atoms with Gasteiger partial charge in [0.1, 0.15) is 0 Å². The van der Waals surface area contributed by atoms with E-state index in [4.69, 9.17) is 5.73 Å². The summed E-state index contributed by atoms with van der Waals surface area (Å²) in [4.78, 5) is 8.83. The molecule has 20 heavy (non-hydrogen) atoms. The number of thioether (sulfide) groups is 1. The second-order valence-corrected chi connectivity index (χ2v) is 6.06. The summed E-state index contributed by atoms with van der Waals surface area (Å²) >= 11 is 1.66. The molecule has 3 nitrogen and oxygen atoms in total. The summed E-state index contributed by atoms with van der Waals surface area (Å²) in [5, 5.41) is 0.977. The Morgan fingerprint density at radius 2 is 1.95 bits per heavy atom. The average molecular weight is 287 g/mol. The molecule has 1 aromatic carbocycles. The van der Waals surface area contributed by atoms with Crippen molar-refractivity contribution in [3.05, 3.63) is 53.3 Å². The summed E-state index contributed by atoms with van der Waals surface area (Å²) in [6.45, 7) is 6.23. The van der Waals surface area contributed by atoms with Crippen molar-refractivity contribution in [3.63, 3.8) is 0 Å². The fraction of sp³-hybridized carbons (Fsp3) is 0.375. The summed E-state index contributed by atoms with van der Waals surface area (Å²) in [6, 6.07) is 10.4. The largest absolute Gasteiger partial charge is 0.326 e. The lowest BCUT2D eigenvalue weighted by Crippen LogP contribution is -2.26. The first kappa shape index (κ1) is 15.0. The van der Waals surface area contributed by atoms with Gasteiger partial charge in [-0.15, -0.1) is 0 Å². The van der Waals surface area contributed by atoms with Gasteiger partial charge < -0.3 is 5.73 Å². The monoisotopic (exact) mass is 287 g/mol. The van der Waals surface area contributed by atoms with Gasteiger partial charge in [0, 0.05) is 17.9 Å². The Kier molecular flexibility index (Phi) is 5.15. The Bertz CT molecular complexity index is 571. The molecule has 0 aliphatic carbocycles. The number of nitrogens with zero attached hydrogens (tertiary/aromatic N) is 2. The number of nitrogens with two attached hydrogens (primary N) is 1. The van der Waals surface area contributed by atoms with E-state index in [1.165, 1.54) is 11.1 Å². The second-order valence-electron chi connectivity index (χ2n) is 4.95. The lowest BCUT2D eigenvalue weighted by molar-refractivity contribution is 0.630.